The van der Waals surface area contributed by atoms with Gasteiger partial charge in [-0.1, -0.05) is 11.6 Å². The molecular formula is C20H26ClN3O4S. The quantitative estimate of drug-likeness (QED) is 0.641. The maximum atomic E-state index is 12.5. The Morgan fingerprint density at radius 2 is 1.86 bits per heavy atom. The first-order valence-electron chi connectivity index (χ1n) is 9.36. The van der Waals surface area contributed by atoms with Gasteiger partial charge in [-0.25, -0.2) is 0 Å². The summed E-state index contributed by atoms with van der Waals surface area (Å²) in [5, 5.41) is 7.20. The third-order valence-electron chi connectivity index (χ3n) is 4.96. The molecule has 0 bridgehead atoms. The molecule has 2 N–H and O–H groups in total. The van der Waals surface area contributed by atoms with Gasteiger partial charge in [-0.05, 0) is 43.3 Å². The first kappa shape index (κ1) is 21.7. The van der Waals surface area contributed by atoms with Gasteiger partial charge in [-0.2, -0.15) is 8.42 Å². The zero-order valence-corrected chi connectivity index (χ0v) is 18.3. The van der Waals surface area contributed by atoms with Crippen LogP contribution in [-0.4, -0.2) is 48.8 Å². The average Bonchev–Trinajstić information content (AvgIpc) is 2.74. The van der Waals surface area contributed by atoms with E-state index in [1.807, 2.05) is 25.1 Å². The van der Waals surface area contributed by atoms with Crippen LogP contribution in [0, 0.1) is 0 Å². The van der Waals surface area contributed by atoms with Gasteiger partial charge >= 0.3 is 0 Å². The summed E-state index contributed by atoms with van der Waals surface area (Å²) in [5.74, 6) is 0.670. The van der Waals surface area contributed by atoms with Gasteiger partial charge < -0.3 is 20.3 Å². The highest BCUT2D eigenvalue weighted by Gasteiger charge is 2.23. The summed E-state index contributed by atoms with van der Waals surface area (Å²) >= 11 is 6.16. The smallest absolute Gasteiger partial charge is 0.298 e. The Kier molecular flexibility index (Phi) is 6.89. The van der Waals surface area contributed by atoms with Gasteiger partial charge in [-0.3, -0.25) is 4.18 Å². The van der Waals surface area contributed by atoms with Crippen molar-refractivity contribution in [2.24, 2.45) is 0 Å². The molecule has 1 atom stereocenters. The van der Waals surface area contributed by atoms with Gasteiger partial charge in [0.05, 0.1) is 25.9 Å². The van der Waals surface area contributed by atoms with Gasteiger partial charge in [0.25, 0.3) is 10.1 Å². The highest BCUT2D eigenvalue weighted by molar-refractivity contribution is 7.87. The van der Waals surface area contributed by atoms with E-state index in [2.05, 4.69) is 15.5 Å². The van der Waals surface area contributed by atoms with Crippen molar-refractivity contribution in [1.82, 2.24) is 5.32 Å². The third-order valence-corrected chi connectivity index (χ3v) is 6.53. The lowest BCUT2D eigenvalue weighted by atomic mass is 10.1. The summed E-state index contributed by atoms with van der Waals surface area (Å²) in [6.07, 6.45) is 0. The van der Waals surface area contributed by atoms with E-state index < -0.39 is 10.1 Å². The Labute approximate surface area is 177 Å². The Hall–Kier alpha value is -2.00. The third kappa shape index (κ3) is 4.95. The summed E-state index contributed by atoms with van der Waals surface area (Å²) in [5.41, 5.74) is 2.25. The molecule has 1 unspecified atom stereocenters. The van der Waals surface area contributed by atoms with E-state index in [9.17, 15) is 8.42 Å². The summed E-state index contributed by atoms with van der Waals surface area (Å²) in [6, 6.07) is 10.3. The highest BCUT2D eigenvalue weighted by Crippen LogP contribution is 2.34. The largest absolute Gasteiger partial charge is 0.496 e. The van der Waals surface area contributed by atoms with Crippen LogP contribution in [0.25, 0.3) is 0 Å². The highest BCUT2D eigenvalue weighted by atomic mass is 35.5. The molecular weight excluding hydrogens is 414 g/mol. The van der Waals surface area contributed by atoms with E-state index in [0.29, 0.717) is 16.5 Å². The zero-order valence-electron chi connectivity index (χ0n) is 16.7. The number of nitrogens with zero attached hydrogens (tertiary/aromatic N) is 1. The van der Waals surface area contributed by atoms with E-state index in [-0.39, 0.29) is 10.9 Å². The fraction of sp³-hybridized carbons (Fsp3) is 0.400. The predicted molar refractivity (Wildman–Crippen MR) is 116 cm³/mol. The number of ether oxygens (including phenoxy) is 1. The normalized spacial score (nSPS) is 15.8. The van der Waals surface area contributed by atoms with Crippen LogP contribution in [0.4, 0.5) is 11.4 Å². The lowest BCUT2D eigenvalue weighted by molar-refractivity contribution is 0.398. The first-order valence-corrected chi connectivity index (χ1v) is 11.1. The van der Waals surface area contributed by atoms with Crippen molar-refractivity contribution in [1.29, 1.82) is 0 Å². The van der Waals surface area contributed by atoms with Crippen LogP contribution in [-0.2, 0) is 14.3 Å². The predicted octanol–water partition coefficient (Wildman–Crippen LogP) is 3.27. The Morgan fingerprint density at radius 1 is 1.14 bits per heavy atom. The minimum Gasteiger partial charge on any atom is -0.496 e. The van der Waals surface area contributed by atoms with Crippen LogP contribution >= 0.6 is 11.6 Å². The van der Waals surface area contributed by atoms with Gasteiger partial charge in [-0.15, -0.1) is 0 Å². The van der Waals surface area contributed by atoms with Crippen LogP contribution in [0.15, 0.2) is 41.3 Å². The molecule has 1 heterocycles. The molecule has 158 valence electrons. The summed E-state index contributed by atoms with van der Waals surface area (Å²) in [4.78, 5) is 2.31. The minimum atomic E-state index is -3.88. The molecule has 3 rings (SSSR count). The number of halogens is 1. The molecule has 1 aliphatic heterocycles. The van der Waals surface area contributed by atoms with Crippen molar-refractivity contribution in [3.05, 3.63) is 47.0 Å². The Bertz CT molecular complexity index is 962. The van der Waals surface area contributed by atoms with Crippen molar-refractivity contribution in [2.45, 2.75) is 17.9 Å². The molecule has 0 radical (unpaired) electrons. The Balaban J connectivity index is 2.00. The molecule has 0 aliphatic carbocycles. The minimum absolute atomic E-state index is 0.0896. The van der Waals surface area contributed by atoms with E-state index in [1.54, 1.807) is 25.3 Å². The van der Waals surface area contributed by atoms with E-state index in [0.717, 1.165) is 44.5 Å². The van der Waals surface area contributed by atoms with Crippen molar-refractivity contribution < 1.29 is 17.3 Å². The van der Waals surface area contributed by atoms with Crippen molar-refractivity contribution in [3.63, 3.8) is 0 Å². The number of rotatable bonds is 7. The molecule has 2 aromatic rings. The molecule has 1 aliphatic rings. The summed E-state index contributed by atoms with van der Waals surface area (Å²) in [7, 11) is -1.13. The molecule has 9 heteroatoms. The Morgan fingerprint density at radius 3 is 2.52 bits per heavy atom. The number of hydrogen-bond acceptors (Lipinski definition) is 7. The van der Waals surface area contributed by atoms with Crippen LogP contribution in [0.3, 0.4) is 0 Å². The van der Waals surface area contributed by atoms with Crippen LogP contribution in [0.2, 0.25) is 5.02 Å². The van der Waals surface area contributed by atoms with Crippen LogP contribution in [0.5, 0.6) is 5.75 Å². The van der Waals surface area contributed by atoms with Crippen molar-refractivity contribution in [3.8, 4) is 5.75 Å². The second kappa shape index (κ2) is 9.21. The molecule has 1 fully saturated rings. The van der Waals surface area contributed by atoms with Gasteiger partial charge in [0.2, 0.25) is 0 Å². The molecule has 0 aromatic heterocycles. The lowest BCUT2D eigenvalue weighted by Crippen LogP contribution is -2.43. The second-order valence-corrected chi connectivity index (χ2v) is 8.91. The SMILES string of the molecule is COc1ccc(Cl)cc1C(C)Nc1cc(N2CCNCC2)ccc1S(=O)(=O)OC. The van der Waals surface area contributed by atoms with Gasteiger partial charge in [0, 0.05) is 42.5 Å². The monoisotopic (exact) mass is 439 g/mol. The van der Waals surface area contributed by atoms with Crippen molar-refractivity contribution in [2.75, 3.05) is 50.6 Å². The van der Waals surface area contributed by atoms with Crippen LogP contribution < -0.4 is 20.3 Å². The van der Waals surface area contributed by atoms with E-state index in [1.165, 1.54) is 0 Å². The second-order valence-electron chi connectivity index (χ2n) is 6.79. The number of nitrogens with one attached hydrogen (secondary N) is 2. The molecule has 0 amide bonds. The molecule has 0 saturated carbocycles. The van der Waals surface area contributed by atoms with E-state index >= 15 is 0 Å². The lowest BCUT2D eigenvalue weighted by Gasteiger charge is -2.30. The zero-order chi connectivity index (χ0) is 21.0. The number of methoxy groups -OCH3 is 1. The molecule has 1 saturated heterocycles. The molecule has 2 aromatic carbocycles. The summed E-state index contributed by atoms with van der Waals surface area (Å²) in [6.45, 7) is 5.41. The van der Waals surface area contributed by atoms with E-state index in [4.69, 9.17) is 20.5 Å². The number of hydrogen-bond donors (Lipinski definition) is 2. The van der Waals surface area contributed by atoms with Gasteiger partial charge in [0.1, 0.15) is 10.6 Å². The maximum Gasteiger partial charge on any atom is 0.298 e. The fourth-order valence-corrected chi connectivity index (χ4v) is 4.39. The standard InChI is InChI=1S/C20H26ClN3O4S/c1-14(17-12-15(21)4-6-19(17)27-2)23-18-13-16(24-10-8-22-9-11-24)5-7-20(18)29(25,26)28-3/h4-7,12-14,22-23H,8-11H2,1-3H3. The van der Waals surface area contributed by atoms with Crippen molar-refractivity contribution >= 4 is 33.1 Å². The number of anilines is 2. The first-order chi connectivity index (χ1) is 13.9. The van der Waals surface area contributed by atoms with Crippen LogP contribution in [0.1, 0.15) is 18.5 Å². The maximum absolute atomic E-state index is 12.5. The fourth-order valence-electron chi connectivity index (χ4n) is 3.41. The molecule has 0 spiro atoms. The summed E-state index contributed by atoms with van der Waals surface area (Å²) < 4.78 is 35.1. The molecule has 29 heavy (non-hydrogen) atoms. The number of benzene rings is 2. The van der Waals surface area contributed by atoms with Gasteiger partial charge in [0.15, 0.2) is 0 Å². The topological polar surface area (TPSA) is 79.9 Å². The molecule has 7 nitrogen and oxygen atoms in total. The number of piperazine rings is 1. The average molecular weight is 440 g/mol.